The van der Waals surface area contributed by atoms with Crippen LogP contribution < -0.4 is 10.5 Å². The van der Waals surface area contributed by atoms with Crippen molar-refractivity contribution < 1.29 is 26.7 Å². The van der Waals surface area contributed by atoms with E-state index in [0.717, 1.165) is 6.07 Å². The lowest BCUT2D eigenvalue weighted by molar-refractivity contribution is -0.137. The molecule has 0 spiro atoms. The number of ether oxygens (including phenoxy) is 1. The van der Waals surface area contributed by atoms with E-state index < -0.39 is 29.8 Å². The Hall–Kier alpha value is -1.05. The first kappa shape index (κ1) is 13.0. The first-order chi connectivity index (χ1) is 7.21. The second-order valence-corrected chi connectivity index (χ2v) is 3.66. The van der Waals surface area contributed by atoms with Crippen LogP contribution in [0.15, 0.2) is 16.6 Å². The van der Waals surface area contributed by atoms with E-state index in [1.807, 2.05) is 0 Å². The van der Waals surface area contributed by atoms with E-state index in [2.05, 4.69) is 20.7 Å². The molecule has 1 aromatic rings. The van der Waals surface area contributed by atoms with Crippen LogP contribution >= 0.6 is 15.9 Å². The number of anilines is 1. The molecule has 0 heterocycles. The molecule has 2 nitrogen and oxygen atoms in total. The van der Waals surface area contributed by atoms with E-state index in [-0.39, 0.29) is 4.47 Å². The Kier molecular flexibility index (Phi) is 3.61. The fourth-order valence-corrected chi connectivity index (χ4v) is 1.46. The third-order valence-electron chi connectivity index (χ3n) is 1.63. The number of nitrogens with two attached hydrogens (primary N) is 1. The summed E-state index contributed by atoms with van der Waals surface area (Å²) in [5, 5.41) is 0. The fraction of sp³-hybridized carbons (Fsp3) is 0.250. The van der Waals surface area contributed by atoms with Gasteiger partial charge in [0, 0.05) is 4.47 Å². The molecule has 8 heteroatoms. The highest BCUT2D eigenvalue weighted by molar-refractivity contribution is 9.10. The summed E-state index contributed by atoms with van der Waals surface area (Å²) in [5.41, 5.74) is 3.00. The van der Waals surface area contributed by atoms with Gasteiger partial charge in [0.05, 0.1) is 11.3 Å². The van der Waals surface area contributed by atoms with Crippen molar-refractivity contribution in [1.29, 1.82) is 0 Å². The third kappa shape index (κ3) is 2.97. The Balaban J connectivity index is 3.26. The average molecular weight is 306 g/mol. The number of hydrogen-bond donors (Lipinski definition) is 1. The minimum atomic E-state index is -4.73. The molecule has 0 aliphatic carbocycles. The number of alkyl halides is 5. The zero-order valence-corrected chi connectivity index (χ0v) is 9.07. The minimum Gasteiger partial charge on any atom is -0.433 e. The van der Waals surface area contributed by atoms with Crippen molar-refractivity contribution in [1.82, 2.24) is 0 Å². The zero-order chi connectivity index (χ0) is 12.5. The topological polar surface area (TPSA) is 35.2 Å². The molecule has 0 aliphatic heterocycles. The van der Waals surface area contributed by atoms with E-state index in [1.54, 1.807) is 0 Å². The lowest BCUT2D eigenvalue weighted by Crippen LogP contribution is -2.12. The van der Waals surface area contributed by atoms with Gasteiger partial charge in [-0.2, -0.15) is 22.0 Å². The first-order valence-electron chi connectivity index (χ1n) is 3.83. The molecule has 0 saturated carbocycles. The van der Waals surface area contributed by atoms with Gasteiger partial charge in [-0.3, -0.25) is 0 Å². The largest absolute Gasteiger partial charge is 0.433 e. The maximum atomic E-state index is 12.4. The van der Waals surface area contributed by atoms with Crippen molar-refractivity contribution >= 4 is 21.6 Å². The summed E-state index contributed by atoms with van der Waals surface area (Å²) in [6.45, 7) is -3.24. The molecule has 90 valence electrons. The standard InChI is InChI=1S/C8H5BrF5NO/c9-3-1-4(8(12,13)14)6(15)5(2-3)16-7(10)11/h1-2,7H,15H2. The monoisotopic (exact) mass is 305 g/mol. The molecule has 0 unspecified atom stereocenters. The number of rotatable bonds is 2. The summed E-state index contributed by atoms with van der Waals surface area (Å²) in [7, 11) is 0. The molecule has 0 aromatic heterocycles. The number of hydrogen-bond acceptors (Lipinski definition) is 2. The molecular formula is C8H5BrF5NO. The van der Waals surface area contributed by atoms with Crippen molar-refractivity contribution in [2.75, 3.05) is 5.73 Å². The third-order valence-corrected chi connectivity index (χ3v) is 2.09. The highest BCUT2D eigenvalue weighted by Gasteiger charge is 2.35. The summed E-state index contributed by atoms with van der Waals surface area (Å²) >= 11 is 2.75. The van der Waals surface area contributed by atoms with Crippen LogP contribution in [0, 0.1) is 0 Å². The summed E-state index contributed by atoms with van der Waals surface area (Å²) < 4.78 is 64.8. The molecule has 0 fully saturated rings. The van der Waals surface area contributed by atoms with Crippen LogP contribution in [0.1, 0.15) is 5.56 Å². The Bertz CT molecular complexity index is 393. The molecule has 2 N–H and O–H groups in total. The molecule has 1 aromatic carbocycles. The van der Waals surface area contributed by atoms with Crippen molar-refractivity contribution in [3.63, 3.8) is 0 Å². The highest BCUT2D eigenvalue weighted by atomic mass is 79.9. The summed E-state index contributed by atoms with van der Waals surface area (Å²) in [6.07, 6.45) is -4.73. The van der Waals surface area contributed by atoms with Gasteiger partial charge < -0.3 is 10.5 Å². The van der Waals surface area contributed by atoms with Crippen molar-refractivity contribution in [2.24, 2.45) is 0 Å². The van der Waals surface area contributed by atoms with Crippen LogP contribution in [-0.2, 0) is 6.18 Å². The van der Waals surface area contributed by atoms with Gasteiger partial charge in [-0.05, 0) is 12.1 Å². The molecule has 16 heavy (non-hydrogen) atoms. The Morgan fingerprint density at radius 2 is 1.81 bits per heavy atom. The van der Waals surface area contributed by atoms with Gasteiger partial charge in [0.15, 0.2) is 5.75 Å². The van der Waals surface area contributed by atoms with Crippen LogP contribution in [0.2, 0.25) is 0 Å². The minimum absolute atomic E-state index is 0.0512. The van der Waals surface area contributed by atoms with Crippen molar-refractivity contribution in [3.05, 3.63) is 22.2 Å². The van der Waals surface area contributed by atoms with E-state index in [0.29, 0.717) is 6.07 Å². The maximum absolute atomic E-state index is 12.4. The van der Waals surface area contributed by atoms with E-state index in [1.165, 1.54) is 0 Å². The molecule has 0 amide bonds. The Labute approximate surface area is 95.3 Å². The molecule has 0 bridgehead atoms. The first-order valence-corrected chi connectivity index (χ1v) is 4.62. The number of nitrogen functional groups attached to an aromatic ring is 1. The van der Waals surface area contributed by atoms with Crippen LogP contribution in [0.5, 0.6) is 5.75 Å². The maximum Gasteiger partial charge on any atom is 0.418 e. The van der Waals surface area contributed by atoms with E-state index in [9.17, 15) is 22.0 Å². The predicted octanol–water partition coefficient (Wildman–Crippen LogP) is 3.65. The van der Waals surface area contributed by atoms with Crippen LogP contribution in [0.3, 0.4) is 0 Å². The summed E-state index contributed by atoms with van der Waals surface area (Å²) in [5.74, 6) is -0.711. The molecule has 0 aliphatic rings. The Morgan fingerprint density at radius 3 is 2.25 bits per heavy atom. The average Bonchev–Trinajstić information content (AvgIpc) is 2.07. The summed E-state index contributed by atoms with van der Waals surface area (Å²) in [6, 6.07) is 1.63. The lowest BCUT2D eigenvalue weighted by atomic mass is 10.1. The lowest BCUT2D eigenvalue weighted by Gasteiger charge is -2.14. The van der Waals surface area contributed by atoms with Crippen LogP contribution in [0.25, 0.3) is 0 Å². The van der Waals surface area contributed by atoms with Gasteiger partial charge in [0.1, 0.15) is 0 Å². The van der Waals surface area contributed by atoms with Gasteiger partial charge in [-0.1, -0.05) is 15.9 Å². The SMILES string of the molecule is Nc1c(OC(F)F)cc(Br)cc1C(F)(F)F. The van der Waals surface area contributed by atoms with Crippen LogP contribution in [0.4, 0.5) is 27.6 Å². The second-order valence-electron chi connectivity index (χ2n) is 2.74. The zero-order valence-electron chi connectivity index (χ0n) is 7.49. The van der Waals surface area contributed by atoms with Gasteiger partial charge in [-0.25, -0.2) is 0 Å². The van der Waals surface area contributed by atoms with Crippen LogP contribution in [-0.4, -0.2) is 6.61 Å². The normalized spacial score (nSPS) is 11.9. The number of halogens is 6. The smallest absolute Gasteiger partial charge is 0.418 e. The van der Waals surface area contributed by atoms with Gasteiger partial charge in [0.2, 0.25) is 0 Å². The molecule has 0 radical (unpaired) electrons. The van der Waals surface area contributed by atoms with Gasteiger partial charge in [-0.15, -0.1) is 0 Å². The molecule has 0 saturated heterocycles. The van der Waals surface area contributed by atoms with Gasteiger partial charge in [0.25, 0.3) is 0 Å². The van der Waals surface area contributed by atoms with Gasteiger partial charge >= 0.3 is 12.8 Å². The Morgan fingerprint density at radius 1 is 1.25 bits per heavy atom. The van der Waals surface area contributed by atoms with E-state index in [4.69, 9.17) is 5.73 Å². The number of benzene rings is 1. The van der Waals surface area contributed by atoms with Crippen molar-refractivity contribution in [2.45, 2.75) is 12.8 Å². The molecule has 0 atom stereocenters. The molecule has 1 rings (SSSR count). The fourth-order valence-electron chi connectivity index (χ4n) is 1.02. The highest BCUT2D eigenvalue weighted by Crippen LogP contribution is 2.40. The quantitative estimate of drug-likeness (QED) is 0.668. The molecular weight excluding hydrogens is 301 g/mol. The second kappa shape index (κ2) is 4.44. The van der Waals surface area contributed by atoms with Crippen molar-refractivity contribution in [3.8, 4) is 5.75 Å². The van der Waals surface area contributed by atoms with E-state index >= 15 is 0 Å². The summed E-state index contributed by atoms with van der Waals surface area (Å²) in [4.78, 5) is 0. The predicted molar refractivity (Wildman–Crippen MR) is 50.2 cm³/mol.